The standard InChI is InChI=1S/C27H32F2N4O3/c1-4-5-6-22(8-7-20(2)17-32-14-13-30-16-26(32)35)18-33-19-23(9-10-25(33)34)27(36)31-15-21(3)24(29)11-12-28/h5-14,19,30H,4,15-18H2,1-3H3,(H,31,36)/b6-5+,12-11+,20-7+,22-8+,24-21-. The van der Waals surface area contributed by atoms with Crippen molar-refractivity contribution in [1.29, 1.82) is 0 Å². The molecule has 36 heavy (non-hydrogen) atoms. The number of hydrogen-bond acceptors (Lipinski definition) is 4. The van der Waals surface area contributed by atoms with Crippen molar-refractivity contribution >= 4 is 11.8 Å². The molecule has 7 nitrogen and oxygen atoms in total. The van der Waals surface area contributed by atoms with E-state index < -0.39 is 11.7 Å². The van der Waals surface area contributed by atoms with E-state index in [9.17, 15) is 23.2 Å². The maximum atomic E-state index is 13.6. The van der Waals surface area contributed by atoms with Crippen LogP contribution in [0.3, 0.4) is 0 Å². The first-order valence-electron chi connectivity index (χ1n) is 11.6. The van der Waals surface area contributed by atoms with Crippen LogP contribution in [-0.4, -0.2) is 40.9 Å². The van der Waals surface area contributed by atoms with E-state index in [2.05, 4.69) is 10.6 Å². The fraction of sp³-hybridized carbons (Fsp3) is 0.296. The van der Waals surface area contributed by atoms with Crippen LogP contribution in [0.1, 0.15) is 37.6 Å². The Hall–Kier alpha value is -4.01. The van der Waals surface area contributed by atoms with E-state index in [0.717, 1.165) is 17.6 Å². The third kappa shape index (κ3) is 8.98. The van der Waals surface area contributed by atoms with E-state index in [-0.39, 0.29) is 48.6 Å². The molecule has 2 amide bonds. The summed E-state index contributed by atoms with van der Waals surface area (Å²) in [5.41, 5.74) is 1.90. The molecule has 2 heterocycles. The zero-order chi connectivity index (χ0) is 26.5. The molecule has 1 aliphatic rings. The molecule has 0 fully saturated rings. The molecule has 0 saturated carbocycles. The highest BCUT2D eigenvalue weighted by atomic mass is 19.1. The van der Waals surface area contributed by atoms with E-state index in [0.29, 0.717) is 12.6 Å². The van der Waals surface area contributed by atoms with Gasteiger partial charge < -0.3 is 20.1 Å². The normalized spacial score (nSPS) is 15.5. The van der Waals surface area contributed by atoms with Crippen molar-refractivity contribution in [2.45, 2.75) is 33.7 Å². The highest BCUT2D eigenvalue weighted by Gasteiger charge is 2.13. The molecule has 0 unspecified atom stereocenters. The van der Waals surface area contributed by atoms with E-state index in [1.54, 1.807) is 17.3 Å². The van der Waals surface area contributed by atoms with Crippen molar-refractivity contribution in [2.24, 2.45) is 0 Å². The average molecular weight is 499 g/mol. The summed E-state index contributed by atoms with van der Waals surface area (Å²) in [4.78, 5) is 38.6. The number of allylic oxidation sites excluding steroid dienone is 7. The fourth-order valence-corrected chi connectivity index (χ4v) is 3.20. The summed E-state index contributed by atoms with van der Waals surface area (Å²) in [6.45, 7) is 6.18. The van der Waals surface area contributed by atoms with Crippen LogP contribution in [0.4, 0.5) is 8.78 Å². The number of rotatable bonds is 11. The number of halogens is 2. The Labute approximate surface area is 209 Å². The molecule has 2 rings (SSSR count). The minimum absolute atomic E-state index is 0.0192. The van der Waals surface area contributed by atoms with Crippen LogP contribution in [0.25, 0.3) is 0 Å². The van der Waals surface area contributed by atoms with Gasteiger partial charge in [0.1, 0.15) is 5.83 Å². The van der Waals surface area contributed by atoms with Crippen molar-refractivity contribution in [3.8, 4) is 0 Å². The summed E-state index contributed by atoms with van der Waals surface area (Å²) in [5.74, 6) is -1.27. The second kappa shape index (κ2) is 14.4. The third-order valence-electron chi connectivity index (χ3n) is 5.24. The van der Waals surface area contributed by atoms with E-state index >= 15 is 0 Å². The number of nitrogens with zero attached hydrogens (tertiary/aromatic N) is 2. The minimum atomic E-state index is -0.763. The lowest BCUT2D eigenvalue weighted by atomic mass is 10.1. The van der Waals surface area contributed by atoms with Gasteiger partial charge in [0.15, 0.2) is 0 Å². The maximum Gasteiger partial charge on any atom is 0.253 e. The van der Waals surface area contributed by atoms with Crippen LogP contribution in [0, 0.1) is 0 Å². The van der Waals surface area contributed by atoms with Gasteiger partial charge in [0.2, 0.25) is 5.91 Å². The molecule has 2 N–H and O–H groups in total. The molecular weight excluding hydrogens is 466 g/mol. The first-order chi connectivity index (χ1) is 17.2. The molecule has 0 aromatic carbocycles. The monoisotopic (exact) mass is 498 g/mol. The number of nitrogens with one attached hydrogen (secondary N) is 2. The highest BCUT2D eigenvalue weighted by molar-refractivity contribution is 5.94. The first-order valence-corrected chi connectivity index (χ1v) is 11.6. The molecule has 0 atom stereocenters. The second-order valence-corrected chi connectivity index (χ2v) is 8.27. The van der Waals surface area contributed by atoms with Crippen LogP contribution in [0.2, 0.25) is 0 Å². The van der Waals surface area contributed by atoms with Gasteiger partial charge in [0, 0.05) is 43.8 Å². The molecule has 0 spiro atoms. The molecule has 1 aliphatic heterocycles. The quantitative estimate of drug-likeness (QED) is 0.451. The Kier molecular flexibility index (Phi) is 11.3. The molecule has 1 aromatic heterocycles. The zero-order valence-corrected chi connectivity index (χ0v) is 20.8. The van der Waals surface area contributed by atoms with Gasteiger partial charge in [-0.15, -0.1) is 0 Å². The summed E-state index contributed by atoms with van der Waals surface area (Å²) < 4.78 is 27.2. The second-order valence-electron chi connectivity index (χ2n) is 8.27. The Morgan fingerprint density at radius 2 is 1.94 bits per heavy atom. The van der Waals surface area contributed by atoms with Gasteiger partial charge in [-0.1, -0.05) is 36.8 Å². The van der Waals surface area contributed by atoms with Crippen LogP contribution in [-0.2, 0) is 11.3 Å². The fourth-order valence-electron chi connectivity index (χ4n) is 3.20. The summed E-state index contributed by atoms with van der Waals surface area (Å²) in [6, 6.07) is 2.70. The SMILES string of the molecule is CC/C=C/C(=C\C=C(/C)CN1C=CNCC1=O)Cn1cc(C(=O)NC/C(C)=C(F)/C=C/F)ccc1=O. The molecule has 9 heteroatoms. The number of carbonyl (C=O) groups excluding carboxylic acids is 2. The number of pyridine rings is 1. The number of hydrogen-bond donors (Lipinski definition) is 2. The summed E-state index contributed by atoms with van der Waals surface area (Å²) in [6.07, 6.45) is 14.1. The molecule has 0 radical (unpaired) electrons. The van der Waals surface area contributed by atoms with Gasteiger partial charge in [-0.25, -0.2) is 8.78 Å². The number of aromatic nitrogens is 1. The highest BCUT2D eigenvalue weighted by Crippen LogP contribution is 2.09. The lowest BCUT2D eigenvalue weighted by Crippen LogP contribution is -2.38. The Bertz CT molecular complexity index is 1190. The van der Waals surface area contributed by atoms with Crippen LogP contribution in [0.15, 0.2) is 94.8 Å². The molecule has 192 valence electrons. The van der Waals surface area contributed by atoms with Gasteiger partial charge >= 0.3 is 0 Å². The largest absolute Gasteiger partial charge is 0.381 e. The smallest absolute Gasteiger partial charge is 0.253 e. The summed E-state index contributed by atoms with van der Waals surface area (Å²) in [7, 11) is 0. The molecular formula is C27H32F2N4O3. The maximum absolute atomic E-state index is 13.6. The predicted molar refractivity (Wildman–Crippen MR) is 137 cm³/mol. The van der Waals surface area contributed by atoms with E-state index in [1.165, 1.54) is 29.8 Å². The summed E-state index contributed by atoms with van der Waals surface area (Å²) in [5, 5.41) is 5.44. The predicted octanol–water partition coefficient (Wildman–Crippen LogP) is 4.05. The Balaban J connectivity index is 2.19. The molecule has 1 aromatic rings. The van der Waals surface area contributed by atoms with Gasteiger partial charge in [-0.05, 0) is 37.5 Å². The van der Waals surface area contributed by atoms with Crippen LogP contribution >= 0.6 is 0 Å². The summed E-state index contributed by atoms with van der Waals surface area (Å²) >= 11 is 0. The number of carbonyl (C=O) groups is 2. The molecule has 0 bridgehead atoms. The first kappa shape index (κ1) is 28.2. The Morgan fingerprint density at radius 3 is 2.64 bits per heavy atom. The van der Waals surface area contributed by atoms with Crippen LogP contribution in [0.5, 0.6) is 0 Å². The molecule has 0 aliphatic carbocycles. The zero-order valence-electron chi connectivity index (χ0n) is 20.8. The van der Waals surface area contributed by atoms with Gasteiger partial charge in [-0.3, -0.25) is 14.4 Å². The average Bonchev–Trinajstić information content (AvgIpc) is 2.86. The minimum Gasteiger partial charge on any atom is -0.381 e. The molecule has 0 saturated heterocycles. The van der Waals surface area contributed by atoms with Gasteiger partial charge in [0.25, 0.3) is 11.5 Å². The van der Waals surface area contributed by atoms with E-state index in [4.69, 9.17) is 0 Å². The van der Waals surface area contributed by atoms with Crippen molar-refractivity contribution in [1.82, 2.24) is 20.1 Å². The van der Waals surface area contributed by atoms with Crippen LogP contribution < -0.4 is 16.2 Å². The van der Waals surface area contributed by atoms with Gasteiger partial charge in [-0.2, -0.15) is 0 Å². The number of amides is 2. The van der Waals surface area contributed by atoms with Crippen molar-refractivity contribution in [3.63, 3.8) is 0 Å². The van der Waals surface area contributed by atoms with Crippen molar-refractivity contribution in [2.75, 3.05) is 19.6 Å². The topological polar surface area (TPSA) is 83.4 Å². The van der Waals surface area contributed by atoms with Crippen molar-refractivity contribution in [3.05, 3.63) is 106 Å². The lowest BCUT2D eigenvalue weighted by Gasteiger charge is -2.22. The third-order valence-corrected chi connectivity index (χ3v) is 5.24. The van der Waals surface area contributed by atoms with Gasteiger partial charge in [0.05, 0.1) is 25.0 Å². The Morgan fingerprint density at radius 1 is 1.17 bits per heavy atom. The van der Waals surface area contributed by atoms with E-state index in [1.807, 2.05) is 38.2 Å². The van der Waals surface area contributed by atoms with Crippen molar-refractivity contribution < 1.29 is 18.4 Å². The lowest BCUT2D eigenvalue weighted by molar-refractivity contribution is -0.127.